The average Bonchev–Trinajstić information content (AvgIpc) is 3.44. The lowest BCUT2D eigenvalue weighted by Gasteiger charge is -2.40. The molecule has 17 heteroatoms. The Morgan fingerprint density at radius 2 is 1.71 bits per heavy atom. The minimum Gasteiger partial charge on any atom is -0.462 e. The number of nitrogens with zero attached hydrogens (tertiary/aromatic N) is 3. The summed E-state index contributed by atoms with van der Waals surface area (Å²) in [6.07, 6.45) is -0.812. The fourth-order valence-electron chi connectivity index (χ4n) is 4.61. The van der Waals surface area contributed by atoms with Crippen LogP contribution in [0.4, 0.5) is 10.5 Å². The van der Waals surface area contributed by atoms with E-state index in [1.54, 1.807) is 16.8 Å². The highest BCUT2D eigenvalue weighted by atomic mass is 31.2. The van der Waals surface area contributed by atoms with E-state index in [2.05, 4.69) is 26.3 Å². The smallest absolute Gasteiger partial charge is 0.325 e. The zero-order valence-electron chi connectivity index (χ0n) is 25.3. The molecule has 2 aromatic rings. The van der Waals surface area contributed by atoms with Gasteiger partial charge in [0, 0.05) is 37.9 Å². The fourth-order valence-corrected chi connectivity index (χ4v) is 5.20. The summed E-state index contributed by atoms with van der Waals surface area (Å²) < 4.78 is 24.1. The van der Waals surface area contributed by atoms with E-state index in [0.717, 1.165) is 50.8 Å². The SMILES string of the molecule is CCCC(=O)NCCCCn1cc(CCCCNC(=O)Nc2ccc(O[C@H]3O[C@H](CCP(=O)(O)O)[C@@H](O)[C@H](O)[C@@H]3O)cc2)nn1. The van der Waals surface area contributed by atoms with Crippen LogP contribution in [0.1, 0.15) is 57.6 Å². The molecule has 0 saturated carbocycles. The highest BCUT2D eigenvalue weighted by molar-refractivity contribution is 7.51. The van der Waals surface area contributed by atoms with Gasteiger partial charge in [-0.3, -0.25) is 14.0 Å². The quantitative estimate of drug-likeness (QED) is 0.0824. The molecular formula is C28H45N6O10P. The molecule has 3 rings (SSSR count). The van der Waals surface area contributed by atoms with Crippen LogP contribution in [-0.2, 0) is 27.1 Å². The van der Waals surface area contributed by atoms with Gasteiger partial charge in [-0.15, -0.1) is 5.10 Å². The van der Waals surface area contributed by atoms with E-state index in [0.29, 0.717) is 25.2 Å². The molecule has 1 aromatic carbocycles. The average molecular weight is 657 g/mol. The number of urea groups is 1. The number of aliphatic hydroxyl groups excluding tert-OH is 3. The molecule has 45 heavy (non-hydrogen) atoms. The summed E-state index contributed by atoms with van der Waals surface area (Å²) in [4.78, 5) is 41.9. The molecule has 1 saturated heterocycles. The van der Waals surface area contributed by atoms with Gasteiger partial charge in [-0.1, -0.05) is 12.1 Å². The summed E-state index contributed by atoms with van der Waals surface area (Å²) in [5.74, 6) is 0.318. The van der Waals surface area contributed by atoms with Crippen molar-refractivity contribution in [3.63, 3.8) is 0 Å². The standard InChI is InChI=1S/C28H45N6O10P/c1-2-7-23(35)29-14-5-6-16-34-18-20(32-33-34)8-3-4-15-30-28(39)31-19-9-11-21(12-10-19)43-27-26(38)25(37)24(36)22(44-27)13-17-45(40,41)42/h9-12,18,22,24-27,36-38H,2-8,13-17H2,1H3,(H,29,35)(H2,30,31,39)(H2,40,41,42)/t22-,24-,25+,26+,27+/m1/s1. The first-order valence-corrected chi connectivity index (χ1v) is 17.0. The Morgan fingerprint density at radius 1 is 1.00 bits per heavy atom. The van der Waals surface area contributed by atoms with Crippen molar-refractivity contribution < 1.29 is 48.7 Å². The van der Waals surface area contributed by atoms with Crippen molar-refractivity contribution in [1.82, 2.24) is 25.6 Å². The van der Waals surface area contributed by atoms with Gasteiger partial charge in [-0.05, 0) is 69.2 Å². The Bertz CT molecular complexity index is 1240. The highest BCUT2D eigenvalue weighted by Crippen LogP contribution is 2.37. The number of unbranched alkanes of at least 4 members (excludes halogenated alkanes) is 2. The molecule has 252 valence electrons. The van der Waals surface area contributed by atoms with Crippen molar-refractivity contribution in [3.8, 4) is 5.75 Å². The number of rotatable bonds is 18. The fraction of sp³-hybridized carbons (Fsp3) is 0.643. The lowest BCUT2D eigenvalue weighted by molar-refractivity contribution is -0.272. The number of aryl methyl sites for hydroxylation is 2. The molecular weight excluding hydrogens is 611 g/mol. The van der Waals surface area contributed by atoms with Gasteiger partial charge in [0.25, 0.3) is 0 Å². The molecule has 0 radical (unpaired) electrons. The van der Waals surface area contributed by atoms with Gasteiger partial charge in [-0.2, -0.15) is 0 Å². The van der Waals surface area contributed by atoms with Crippen LogP contribution < -0.4 is 20.7 Å². The Hall–Kier alpha value is -3.11. The molecule has 0 bridgehead atoms. The number of carbonyl (C=O) groups is 2. The van der Waals surface area contributed by atoms with E-state index in [1.807, 2.05) is 13.1 Å². The molecule has 8 N–H and O–H groups in total. The Kier molecular flexibility index (Phi) is 14.7. The second-order valence-electron chi connectivity index (χ2n) is 11.0. The van der Waals surface area contributed by atoms with Gasteiger partial charge in [0.1, 0.15) is 24.1 Å². The van der Waals surface area contributed by atoms with Gasteiger partial charge >= 0.3 is 13.6 Å². The number of nitrogens with one attached hydrogen (secondary N) is 3. The minimum atomic E-state index is -4.36. The van der Waals surface area contributed by atoms with Gasteiger partial charge in [-0.25, -0.2) is 4.79 Å². The third-order valence-electron chi connectivity index (χ3n) is 7.08. The monoisotopic (exact) mass is 656 g/mol. The predicted octanol–water partition coefficient (Wildman–Crippen LogP) is 0.873. The van der Waals surface area contributed by atoms with Crippen LogP contribution >= 0.6 is 7.60 Å². The maximum Gasteiger partial charge on any atom is 0.325 e. The Morgan fingerprint density at radius 3 is 2.42 bits per heavy atom. The molecule has 16 nitrogen and oxygen atoms in total. The van der Waals surface area contributed by atoms with Crippen LogP contribution in [0.15, 0.2) is 30.5 Å². The second-order valence-corrected chi connectivity index (χ2v) is 12.7. The number of amides is 3. The van der Waals surface area contributed by atoms with Crippen molar-refractivity contribution in [2.24, 2.45) is 0 Å². The summed E-state index contributed by atoms with van der Waals surface area (Å²) >= 11 is 0. The lowest BCUT2D eigenvalue weighted by Crippen LogP contribution is -2.59. The van der Waals surface area contributed by atoms with Crippen LogP contribution in [-0.4, -0.2) is 102 Å². The topological polar surface area (TPSA) is 238 Å². The van der Waals surface area contributed by atoms with Crippen molar-refractivity contribution in [1.29, 1.82) is 0 Å². The molecule has 3 amide bonds. The molecule has 0 aliphatic carbocycles. The highest BCUT2D eigenvalue weighted by Gasteiger charge is 2.45. The van der Waals surface area contributed by atoms with Crippen LogP contribution in [0.5, 0.6) is 5.75 Å². The number of anilines is 1. The number of hydrogen-bond acceptors (Lipinski definition) is 10. The van der Waals surface area contributed by atoms with Crippen LogP contribution in [0, 0.1) is 0 Å². The second kappa shape index (κ2) is 18.1. The Balaban J connectivity index is 1.31. The number of ether oxygens (including phenoxy) is 2. The maximum absolute atomic E-state index is 12.3. The molecule has 0 unspecified atom stereocenters. The summed E-state index contributed by atoms with van der Waals surface area (Å²) in [5.41, 5.74) is 1.35. The van der Waals surface area contributed by atoms with E-state index in [4.69, 9.17) is 19.3 Å². The maximum atomic E-state index is 12.3. The molecule has 1 aromatic heterocycles. The van der Waals surface area contributed by atoms with Crippen molar-refractivity contribution in [2.45, 2.75) is 95.5 Å². The molecule has 0 spiro atoms. The number of hydrogen-bond donors (Lipinski definition) is 8. The summed E-state index contributed by atoms with van der Waals surface area (Å²) in [6.45, 7) is 3.83. The van der Waals surface area contributed by atoms with Crippen molar-refractivity contribution in [2.75, 3.05) is 24.6 Å². The largest absolute Gasteiger partial charge is 0.462 e. The number of aromatic nitrogens is 3. The zero-order chi connectivity index (χ0) is 32.8. The minimum absolute atomic E-state index is 0.0866. The number of benzene rings is 1. The van der Waals surface area contributed by atoms with Crippen molar-refractivity contribution >= 4 is 25.2 Å². The van der Waals surface area contributed by atoms with Gasteiger partial charge in [0.05, 0.1) is 18.0 Å². The Labute approximate surface area is 261 Å². The molecule has 5 atom stereocenters. The van der Waals surface area contributed by atoms with E-state index in [-0.39, 0.29) is 18.1 Å². The summed E-state index contributed by atoms with van der Waals surface area (Å²) in [5, 5.41) is 47.2. The first-order valence-electron chi connectivity index (χ1n) is 15.2. The third-order valence-corrected chi connectivity index (χ3v) is 7.92. The van der Waals surface area contributed by atoms with Crippen LogP contribution in [0.25, 0.3) is 0 Å². The first-order chi connectivity index (χ1) is 21.4. The van der Waals surface area contributed by atoms with Gasteiger partial charge in [0.2, 0.25) is 12.2 Å². The van der Waals surface area contributed by atoms with Crippen LogP contribution in [0.3, 0.4) is 0 Å². The van der Waals surface area contributed by atoms with Gasteiger partial charge in [0.15, 0.2) is 0 Å². The normalized spacial score (nSPS) is 21.7. The van der Waals surface area contributed by atoms with Crippen LogP contribution in [0.2, 0.25) is 0 Å². The summed E-state index contributed by atoms with van der Waals surface area (Å²) in [6, 6.07) is 5.74. The molecule has 1 aliphatic heterocycles. The number of carbonyl (C=O) groups excluding carboxylic acids is 2. The van der Waals surface area contributed by atoms with E-state index >= 15 is 0 Å². The molecule has 1 fully saturated rings. The molecule has 2 heterocycles. The van der Waals surface area contributed by atoms with E-state index < -0.39 is 50.5 Å². The first kappa shape index (κ1) is 36.4. The predicted molar refractivity (Wildman–Crippen MR) is 162 cm³/mol. The van der Waals surface area contributed by atoms with Gasteiger partial charge < -0.3 is 50.5 Å². The number of aliphatic hydroxyl groups is 3. The van der Waals surface area contributed by atoms with Crippen molar-refractivity contribution in [3.05, 3.63) is 36.2 Å². The molecule has 1 aliphatic rings. The lowest BCUT2D eigenvalue weighted by atomic mass is 9.97. The summed E-state index contributed by atoms with van der Waals surface area (Å²) in [7, 11) is -4.36. The van der Waals surface area contributed by atoms with E-state index in [9.17, 15) is 29.5 Å². The third kappa shape index (κ3) is 13.0. The van der Waals surface area contributed by atoms with E-state index in [1.165, 1.54) is 12.1 Å². The zero-order valence-corrected chi connectivity index (χ0v) is 26.2.